The zero-order chi connectivity index (χ0) is 18.8. The zero-order valence-corrected chi connectivity index (χ0v) is 15.7. The van der Waals surface area contributed by atoms with Crippen molar-refractivity contribution in [2.24, 2.45) is 7.05 Å². The van der Waals surface area contributed by atoms with Gasteiger partial charge in [0.15, 0.2) is 5.76 Å². The number of rotatable bonds is 5. The van der Waals surface area contributed by atoms with Crippen molar-refractivity contribution in [2.75, 3.05) is 26.2 Å². The SMILES string of the molecule is Cc1nn(C)cc1CN1CCN(C(=O)c2ccc(Cn3cccn3)o2)CC1. The van der Waals surface area contributed by atoms with Gasteiger partial charge < -0.3 is 9.32 Å². The van der Waals surface area contributed by atoms with E-state index in [2.05, 4.69) is 21.3 Å². The van der Waals surface area contributed by atoms with Crippen molar-refractivity contribution in [3.05, 3.63) is 59.6 Å². The number of aryl methyl sites for hydroxylation is 2. The number of hydrogen-bond acceptors (Lipinski definition) is 5. The molecular weight excluding hydrogens is 344 g/mol. The van der Waals surface area contributed by atoms with Gasteiger partial charge in [-0.1, -0.05) is 0 Å². The Morgan fingerprint density at radius 3 is 2.67 bits per heavy atom. The molecule has 0 unspecified atom stereocenters. The van der Waals surface area contributed by atoms with Crippen LogP contribution in [0, 0.1) is 6.92 Å². The van der Waals surface area contributed by atoms with Crippen LogP contribution in [0.3, 0.4) is 0 Å². The molecular formula is C19H24N6O2. The average Bonchev–Trinajstić information content (AvgIpc) is 3.39. The van der Waals surface area contributed by atoms with Gasteiger partial charge in [0.25, 0.3) is 5.91 Å². The van der Waals surface area contributed by atoms with Crippen molar-refractivity contribution in [1.82, 2.24) is 29.4 Å². The van der Waals surface area contributed by atoms with E-state index < -0.39 is 0 Å². The summed E-state index contributed by atoms with van der Waals surface area (Å²) >= 11 is 0. The van der Waals surface area contributed by atoms with Gasteiger partial charge in [-0.15, -0.1) is 0 Å². The molecule has 4 heterocycles. The summed E-state index contributed by atoms with van der Waals surface area (Å²) in [6.45, 7) is 6.53. The van der Waals surface area contributed by atoms with Crippen molar-refractivity contribution in [1.29, 1.82) is 0 Å². The maximum absolute atomic E-state index is 12.7. The maximum atomic E-state index is 12.7. The van der Waals surface area contributed by atoms with E-state index in [-0.39, 0.29) is 5.91 Å². The summed E-state index contributed by atoms with van der Waals surface area (Å²) in [5.41, 5.74) is 2.31. The summed E-state index contributed by atoms with van der Waals surface area (Å²) < 4.78 is 9.36. The Morgan fingerprint density at radius 2 is 2.00 bits per heavy atom. The van der Waals surface area contributed by atoms with Crippen LogP contribution in [0.5, 0.6) is 0 Å². The van der Waals surface area contributed by atoms with Gasteiger partial charge in [-0.05, 0) is 25.1 Å². The van der Waals surface area contributed by atoms with E-state index in [0.717, 1.165) is 31.1 Å². The normalized spacial score (nSPS) is 15.4. The minimum atomic E-state index is -0.0427. The fraction of sp³-hybridized carbons (Fsp3) is 0.421. The van der Waals surface area contributed by atoms with Crippen molar-refractivity contribution in [2.45, 2.75) is 20.0 Å². The van der Waals surface area contributed by atoms with Crippen LogP contribution in [0.1, 0.15) is 27.6 Å². The van der Waals surface area contributed by atoms with Crippen LogP contribution in [0.25, 0.3) is 0 Å². The van der Waals surface area contributed by atoms with Crippen LogP contribution in [0.2, 0.25) is 0 Å². The maximum Gasteiger partial charge on any atom is 0.289 e. The lowest BCUT2D eigenvalue weighted by atomic mass is 10.2. The number of carbonyl (C=O) groups excluding carboxylic acids is 1. The second-order valence-corrected chi connectivity index (χ2v) is 6.95. The molecule has 1 aliphatic heterocycles. The number of hydrogen-bond donors (Lipinski definition) is 0. The minimum Gasteiger partial charge on any atom is -0.454 e. The fourth-order valence-corrected chi connectivity index (χ4v) is 3.44. The molecule has 0 N–H and O–H groups in total. The van der Waals surface area contributed by atoms with Gasteiger partial charge in [-0.3, -0.25) is 19.1 Å². The number of nitrogens with zero attached hydrogens (tertiary/aromatic N) is 6. The quantitative estimate of drug-likeness (QED) is 0.683. The highest BCUT2D eigenvalue weighted by molar-refractivity contribution is 5.91. The molecule has 4 rings (SSSR count). The molecule has 0 bridgehead atoms. The Bertz CT molecular complexity index is 903. The lowest BCUT2D eigenvalue weighted by Gasteiger charge is -2.34. The molecule has 8 nitrogen and oxygen atoms in total. The molecule has 0 saturated carbocycles. The Kier molecular flexibility index (Phi) is 4.81. The molecule has 0 spiro atoms. The van der Waals surface area contributed by atoms with Crippen LogP contribution < -0.4 is 0 Å². The van der Waals surface area contributed by atoms with E-state index in [9.17, 15) is 4.79 Å². The van der Waals surface area contributed by atoms with Crippen LogP contribution in [0.4, 0.5) is 0 Å². The van der Waals surface area contributed by atoms with Gasteiger partial charge in [-0.2, -0.15) is 10.2 Å². The average molecular weight is 368 g/mol. The highest BCUT2D eigenvalue weighted by atomic mass is 16.4. The number of furan rings is 1. The molecule has 1 fully saturated rings. The number of amides is 1. The topological polar surface area (TPSA) is 72.3 Å². The Balaban J connectivity index is 1.32. The van der Waals surface area contributed by atoms with E-state index in [4.69, 9.17) is 4.42 Å². The first-order valence-corrected chi connectivity index (χ1v) is 9.15. The Morgan fingerprint density at radius 1 is 1.19 bits per heavy atom. The summed E-state index contributed by atoms with van der Waals surface area (Å²) in [6, 6.07) is 5.46. The third kappa shape index (κ3) is 3.95. The molecule has 0 aromatic carbocycles. The highest BCUT2D eigenvalue weighted by Gasteiger charge is 2.24. The van der Waals surface area contributed by atoms with Gasteiger partial charge in [0.2, 0.25) is 0 Å². The smallest absolute Gasteiger partial charge is 0.289 e. The number of carbonyl (C=O) groups is 1. The van der Waals surface area contributed by atoms with E-state index in [1.165, 1.54) is 5.56 Å². The van der Waals surface area contributed by atoms with Crippen molar-refractivity contribution in [3.63, 3.8) is 0 Å². The first kappa shape index (κ1) is 17.5. The van der Waals surface area contributed by atoms with Gasteiger partial charge in [0.05, 0.1) is 12.2 Å². The third-order valence-corrected chi connectivity index (χ3v) is 4.92. The van der Waals surface area contributed by atoms with Gasteiger partial charge >= 0.3 is 0 Å². The van der Waals surface area contributed by atoms with E-state index >= 15 is 0 Å². The molecule has 1 amide bonds. The van der Waals surface area contributed by atoms with E-state index in [1.54, 1.807) is 16.9 Å². The van der Waals surface area contributed by atoms with Crippen LogP contribution >= 0.6 is 0 Å². The monoisotopic (exact) mass is 368 g/mol. The first-order valence-electron chi connectivity index (χ1n) is 9.15. The van der Waals surface area contributed by atoms with Gasteiger partial charge in [0.1, 0.15) is 5.76 Å². The molecule has 27 heavy (non-hydrogen) atoms. The second kappa shape index (κ2) is 7.40. The fourth-order valence-electron chi connectivity index (χ4n) is 3.44. The predicted molar refractivity (Wildman–Crippen MR) is 99.2 cm³/mol. The number of piperazine rings is 1. The van der Waals surface area contributed by atoms with Crippen molar-refractivity contribution < 1.29 is 9.21 Å². The standard InChI is InChI=1S/C19H24N6O2/c1-15-16(12-22(2)21-15)13-23-8-10-24(11-9-23)19(26)18-5-4-17(27-18)14-25-7-3-6-20-25/h3-7,12H,8-11,13-14H2,1-2H3. The van der Waals surface area contributed by atoms with Gasteiger partial charge in [0, 0.05) is 63.9 Å². The molecule has 0 atom stereocenters. The minimum absolute atomic E-state index is 0.0427. The van der Waals surface area contributed by atoms with Crippen LogP contribution in [-0.2, 0) is 20.1 Å². The van der Waals surface area contributed by atoms with Crippen molar-refractivity contribution in [3.8, 4) is 0 Å². The molecule has 0 radical (unpaired) electrons. The third-order valence-electron chi connectivity index (χ3n) is 4.92. The lowest BCUT2D eigenvalue weighted by molar-refractivity contribution is 0.0595. The summed E-state index contributed by atoms with van der Waals surface area (Å²) in [5.74, 6) is 1.08. The largest absolute Gasteiger partial charge is 0.454 e. The van der Waals surface area contributed by atoms with Gasteiger partial charge in [-0.25, -0.2) is 0 Å². The Labute approximate surface area is 158 Å². The molecule has 8 heteroatoms. The van der Waals surface area contributed by atoms with Crippen LogP contribution in [0.15, 0.2) is 41.2 Å². The zero-order valence-electron chi connectivity index (χ0n) is 15.7. The lowest BCUT2D eigenvalue weighted by Crippen LogP contribution is -2.48. The van der Waals surface area contributed by atoms with Crippen LogP contribution in [-0.4, -0.2) is 61.4 Å². The molecule has 3 aromatic rings. The predicted octanol–water partition coefficient (Wildman–Crippen LogP) is 1.52. The molecule has 142 valence electrons. The first-order chi connectivity index (χ1) is 13.1. The summed E-state index contributed by atoms with van der Waals surface area (Å²) in [6.07, 6.45) is 5.66. The molecule has 1 saturated heterocycles. The van der Waals surface area contributed by atoms with E-state index in [1.807, 2.05) is 41.9 Å². The molecule has 3 aromatic heterocycles. The summed E-state index contributed by atoms with van der Waals surface area (Å²) in [5, 5.41) is 8.55. The molecule has 0 aliphatic carbocycles. The second-order valence-electron chi connectivity index (χ2n) is 6.95. The number of aromatic nitrogens is 4. The van der Waals surface area contributed by atoms with E-state index in [0.29, 0.717) is 25.4 Å². The Hall–Kier alpha value is -2.87. The summed E-state index contributed by atoms with van der Waals surface area (Å²) in [7, 11) is 1.94. The summed E-state index contributed by atoms with van der Waals surface area (Å²) in [4.78, 5) is 16.9. The van der Waals surface area contributed by atoms with Crippen molar-refractivity contribution >= 4 is 5.91 Å². The molecule has 1 aliphatic rings. The highest BCUT2D eigenvalue weighted by Crippen LogP contribution is 2.15.